The second kappa shape index (κ2) is 4.33. The number of nitrogens with two attached hydrogens (primary N) is 1. The maximum Gasteiger partial charge on any atom is 0.0780 e. The smallest absolute Gasteiger partial charge is 0.0780 e. The van der Waals surface area contributed by atoms with Crippen LogP contribution in [0.1, 0.15) is 39.5 Å². The van der Waals surface area contributed by atoms with Gasteiger partial charge in [0.05, 0.1) is 6.10 Å². The maximum atomic E-state index is 10.4. The van der Waals surface area contributed by atoms with Crippen molar-refractivity contribution in [2.24, 2.45) is 34.3 Å². The fourth-order valence-corrected chi connectivity index (χ4v) is 5.71. The predicted molar refractivity (Wildman–Crippen MR) is 85.5 cm³/mol. The number of allylic oxidation sites excluding steroid dienone is 3. The van der Waals surface area contributed by atoms with E-state index in [1.807, 2.05) is 6.08 Å². The lowest BCUT2D eigenvalue weighted by atomic mass is 9.49. The van der Waals surface area contributed by atoms with E-state index in [4.69, 9.17) is 5.73 Å². The maximum absolute atomic E-state index is 10.4. The van der Waals surface area contributed by atoms with E-state index < -0.39 is 0 Å². The van der Waals surface area contributed by atoms with E-state index in [-0.39, 0.29) is 23.0 Å². The monoisotopic (exact) mass is 285 g/mol. The van der Waals surface area contributed by atoms with Crippen LogP contribution >= 0.6 is 0 Å². The minimum absolute atomic E-state index is 0.0671. The zero-order valence-electron chi connectivity index (χ0n) is 13.1. The van der Waals surface area contributed by atoms with Crippen LogP contribution in [-0.2, 0) is 0 Å². The van der Waals surface area contributed by atoms with E-state index in [9.17, 15) is 5.11 Å². The lowest BCUT2D eigenvalue weighted by Gasteiger charge is -2.56. The molecule has 7 atom stereocenters. The molecule has 21 heavy (non-hydrogen) atoms. The van der Waals surface area contributed by atoms with Crippen molar-refractivity contribution >= 4 is 0 Å². The molecule has 0 aliphatic heterocycles. The Labute approximate surface area is 127 Å². The number of rotatable bonds is 0. The summed E-state index contributed by atoms with van der Waals surface area (Å²) in [6.45, 7) is 4.70. The van der Waals surface area contributed by atoms with Gasteiger partial charge in [0.2, 0.25) is 0 Å². The fraction of sp³-hybridized carbons (Fsp3) is 0.684. The van der Waals surface area contributed by atoms with Crippen LogP contribution in [0.5, 0.6) is 0 Å². The predicted octanol–water partition coefficient (Wildman–Crippen LogP) is 3.19. The Kier molecular flexibility index (Phi) is 2.84. The molecule has 2 heteroatoms. The highest BCUT2D eigenvalue weighted by molar-refractivity contribution is 5.34. The largest absolute Gasteiger partial charge is 0.388 e. The molecule has 4 aliphatic rings. The normalized spacial score (nSPS) is 54.7. The van der Waals surface area contributed by atoms with Gasteiger partial charge in [-0.05, 0) is 43.4 Å². The summed E-state index contributed by atoms with van der Waals surface area (Å²) in [5.74, 6) is 1.91. The quantitative estimate of drug-likeness (QED) is 0.671. The summed E-state index contributed by atoms with van der Waals surface area (Å²) in [6.07, 6.45) is 15.7. The Balaban J connectivity index is 1.72. The summed E-state index contributed by atoms with van der Waals surface area (Å²) >= 11 is 0. The van der Waals surface area contributed by atoms with Gasteiger partial charge in [0.1, 0.15) is 0 Å². The molecule has 3 N–H and O–H groups in total. The molecular weight excluding hydrogens is 258 g/mol. The van der Waals surface area contributed by atoms with Gasteiger partial charge in [-0.3, -0.25) is 0 Å². The van der Waals surface area contributed by atoms with Crippen LogP contribution in [0.25, 0.3) is 0 Å². The van der Waals surface area contributed by atoms with Crippen molar-refractivity contribution in [3.05, 3.63) is 36.0 Å². The second-order valence-corrected chi connectivity index (χ2v) is 8.15. The molecule has 0 amide bonds. The van der Waals surface area contributed by atoms with Crippen molar-refractivity contribution in [1.82, 2.24) is 0 Å². The molecule has 114 valence electrons. The molecule has 2 nitrogen and oxygen atoms in total. The molecular formula is C19H27NO. The van der Waals surface area contributed by atoms with Crippen molar-refractivity contribution in [2.45, 2.75) is 51.7 Å². The Morgan fingerprint density at radius 3 is 2.86 bits per heavy atom. The number of aliphatic hydroxyl groups is 1. The van der Waals surface area contributed by atoms with Gasteiger partial charge in [-0.25, -0.2) is 0 Å². The first-order chi connectivity index (χ1) is 9.95. The summed E-state index contributed by atoms with van der Waals surface area (Å²) in [6, 6.07) is 0.197. The lowest BCUT2D eigenvalue weighted by molar-refractivity contribution is -0.0437. The molecule has 4 rings (SSSR count). The number of fused-ring (bicyclic) bond motifs is 5. The third-order valence-electron chi connectivity index (χ3n) is 7.15. The van der Waals surface area contributed by atoms with E-state index >= 15 is 0 Å². The van der Waals surface area contributed by atoms with Gasteiger partial charge in [-0.15, -0.1) is 0 Å². The SMILES string of the molecule is C[C@]12CC[C@H]3[C@@H](CC=C4C[C@@H](N)C=C[C@@]43C)[C@@H]1C=C[C@@H]2O. The summed E-state index contributed by atoms with van der Waals surface area (Å²) in [7, 11) is 0. The zero-order chi connectivity index (χ0) is 14.8. The molecule has 0 spiro atoms. The Bertz CT molecular complexity index is 548. The van der Waals surface area contributed by atoms with Crippen molar-refractivity contribution in [3.63, 3.8) is 0 Å². The average Bonchev–Trinajstić information content (AvgIpc) is 2.76. The van der Waals surface area contributed by atoms with Crippen LogP contribution in [0, 0.1) is 28.6 Å². The van der Waals surface area contributed by atoms with Crippen LogP contribution in [0.15, 0.2) is 36.0 Å². The zero-order valence-corrected chi connectivity index (χ0v) is 13.1. The van der Waals surface area contributed by atoms with Crippen LogP contribution in [0.4, 0.5) is 0 Å². The molecule has 0 aromatic rings. The average molecular weight is 285 g/mol. The van der Waals surface area contributed by atoms with Gasteiger partial charge in [-0.2, -0.15) is 0 Å². The summed E-state index contributed by atoms with van der Waals surface area (Å²) in [4.78, 5) is 0. The lowest BCUT2D eigenvalue weighted by Crippen LogP contribution is -2.50. The van der Waals surface area contributed by atoms with Crippen LogP contribution < -0.4 is 5.73 Å². The Morgan fingerprint density at radius 2 is 2.05 bits per heavy atom. The first-order valence-electron chi connectivity index (χ1n) is 8.46. The van der Waals surface area contributed by atoms with Gasteiger partial charge in [0, 0.05) is 16.9 Å². The Morgan fingerprint density at radius 1 is 1.24 bits per heavy atom. The summed E-state index contributed by atoms with van der Waals surface area (Å²) in [5, 5.41) is 10.4. The van der Waals surface area contributed by atoms with Gasteiger partial charge in [-0.1, -0.05) is 49.8 Å². The highest BCUT2D eigenvalue weighted by atomic mass is 16.3. The van der Waals surface area contributed by atoms with Crippen LogP contribution in [0.2, 0.25) is 0 Å². The molecule has 4 aliphatic carbocycles. The molecule has 0 saturated heterocycles. The summed E-state index contributed by atoms with van der Waals surface area (Å²) < 4.78 is 0. The number of aliphatic hydroxyl groups excluding tert-OH is 1. The summed E-state index contributed by atoms with van der Waals surface area (Å²) in [5.41, 5.74) is 7.94. The van der Waals surface area contributed by atoms with Crippen molar-refractivity contribution < 1.29 is 5.11 Å². The van der Waals surface area contributed by atoms with E-state index in [0.717, 1.165) is 19.3 Å². The first kappa shape index (κ1) is 13.8. The third-order valence-corrected chi connectivity index (χ3v) is 7.15. The standard InChI is InChI=1S/C19H27NO/c1-18-9-7-13(20)11-12(18)3-4-14-15-5-6-17(21)19(15,2)10-8-16(14)18/h3,5-7,9,13-17,21H,4,8,10-11,20H2,1-2H3/t13-,14-,15-,16-,17-,18-,19-/m0/s1. The molecule has 0 bridgehead atoms. The van der Waals surface area contributed by atoms with Gasteiger partial charge < -0.3 is 10.8 Å². The third kappa shape index (κ3) is 1.72. The van der Waals surface area contributed by atoms with Gasteiger partial charge >= 0.3 is 0 Å². The van der Waals surface area contributed by atoms with Crippen molar-refractivity contribution in [2.75, 3.05) is 0 Å². The topological polar surface area (TPSA) is 46.2 Å². The van der Waals surface area contributed by atoms with E-state index in [0.29, 0.717) is 17.8 Å². The van der Waals surface area contributed by atoms with Crippen LogP contribution in [-0.4, -0.2) is 17.3 Å². The van der Waals surface area contributed by atoms with Gasteiger partial charge in [0.25, 0.3) is 0 Å². The molecule has 0 heterocycles. The molecule has 1 saturated carbocycles. The first-order valence-corrected chi connectivity index (χ1v) is 8.46. The fourth-order valence-electron chi connectivity index (χ4n) is 5.71. The highest BCUT2D eigenvalue weighted by Crippen LogP contribution is 2.62. The number of hydrogen-bond acceptors (Lipinski definition) is 2. The van der Waals surface area contributed by atoms with Gasteiger partial charge in [0.15, 0.2) is 0 Å². The number of hydrogen-bond donors (Lipinski definition) is 2. The Hall–Kier alpha value is -0.860. The molecule has 0 unspecified atom stereocenters. The van der Waals surface area contributed by atoms with E-state index in [1.165, 1.54) is 6.42 Å². The van der Waals surface area contributed by atoms with Crippen LogP contribution in [0.3, 0.4) is 0 Å². The van der Waals surface area contributed by atoms with Crippen molar-refractivity contribution in [3.8, 4) is 0 Å². The van der Waals surface area contributed by atoms with Crippen molar-refractivity contribution in [1.29, 1.82) is 0 Å². The molecule has 0 radical (unpaired) electrons. The van der Waals surface area contributed by atoms with E-state index in [1.54, 1.807) is 5.57 Å². The second-order valence-electron chi connectivity index (χ2n) is 8.15. The minimum atomic E-state index is -0.253. The highest BCUT2D eigenvalue weighted by Gasteiger charge is 2.56. The van der Waals surface area contributed by atoms with E-state index in [2.05, 4.69) is 38.2 Å². The molecule has 1 fully saturated rings. The minimum Gasteiger partial charge on any atom is -0.388 e. The molecule has 0 aromatic carbocycles. The molecule has 0 aromatic heterocycles.